The molecule has 4 heteroatoms. The Morgan fingerprint density at radius 2 is 2.00 bits per heavy atom. The summed E-state index contributed by atoms with van der Waals surface area (Å²) in [6, 6.07) is 7.58. The molecular formula is C12H15BrO3. The van der Waals surface area contributed by atoms with E-state index >= 15 is 0 Å². The molecular weight excluding hydrogens is 272 g/mol. The lowest BCUT2D eigenvalue weighted by Crippen LogP contribution is -2.29. The molecule has 1 rings (SSSR count). The van der Waals surface area contributed by atoms with Gasteiger partial charge in [-0.3, -0.25) is 0 Å². The van der Waals surface area contributed by atoms with Gasteiger partial charge in [-0.25, -0.2) is 4.79 Å². The van der Waals surface area contributed by atoms with Crippen molar-refractivity contribution in [2.45, 2.75) is 19.4 Å². The van der Waals surface area contributed by atoms with Crippen LogP contribution < -0.4 is 4.74 Å². The van der Waals surface area contributed by atoms with Gasteiger partial charge in [-0.1, -0.05) is 33.6 Å². The van der Waals surface area contributed by atoms with Gasteiger partial charge in [0.1, 0.15) is 5.75 Å². The van der Waals surface area contributed by atoms with Crippen LogP contribution in [0.5, 0.6) is 5.75 Å². The van der Waals surface area contributed by atoms with Crippen LogP contribution in [0.15, 0.2) is 24.3 Å². The van der Waals surface area contributed by atoms with E-state index in [1.54, 1.807) is 0 Å². The number of rotatable bonds is 5. The molecule has 0 aliphatic heterocycles. The van der Waals surface area contributed by atoms with Gasteiger partial charge in [-0.05, 0) is 19.1 Å². The van der Waals surface area contributed by atoms with E-state index in [0.29, 0.717) is 17.5 Å². The van der Waals surface area contributed by atoms with Gasteiger partial charge in [-0.2, -0.15) is 0 Å². The molecule has 0 saturated carbocycles. The molecule has 1 unspecified atom stereocenters. The van der Waals surface area contributed by atoms with Crippen molar-refractivity contribution in [2.24, 2.45) is 0 Å². The second-order valence-corrected chi connectivity index (χ2v) is 4.21. The van der Waals surface area contributed by atoms with Gasteiger partial charge in [0.05, 0.1) is 7.11 Å². The van der Waals surface area contributed by atoms with E-state index < -0.39 is 6.10 Å². The lowest BCUT2D eigenvalue weighted by molar-refractivity contribution is -0.148. The molecule has 0 amide bonds. The number of hydrogen-bond donors (Lipinski definition) is 0. The molecule has 0 aliphatic rings. The summed E-state index contributed by atoms with van der Waals surface area (Å²) in [6.45, 7) is 2.00. The molecule has 0 radical (unpaired) electrons. The Hall–Kier alpha value is -1.03. The van der Waals surface area contributed by atoms with Gasteiger partial charge in [0.25, 0.3) is 0 Å². The monoisotopic (exact) mass is 286 g/mol. The van der Waals surface area contributed by atoms with Crippen molar-refractivity contribution in [2.75, 3.05) is 12.4 Å². The Balaban J connectivity index is 2.67. The zero-order valence-electron chi connectivity index (χ0n) is 9.40. The van der Waals surface area contributed by atoms with Crippen molar-refractivity contribution in [3.8, 4) is 5.75 Å². The maximum atomic E-state index is 11.4. The minimum atomic E-state index is -0.549. The van der Waals surface area contributed by atoms with Crippen molar-refractivity contribution in [3.63, 3.8) is 0 Å². The second kappa shape index (κ2) is 6.53. The summed E-state index contributed by atoms with van der Waals surface area (Å²) < 4.78 is 10.2. The Morgan fingerprint density at radius 3 is 2.50 bits per heavy atom. The minimum Gasteiger partial charge on any atom is -0.479 e. The molecule has 1 atom stereocenters. The molecule has 0 heterocycles. The molecule has 0 N–H and O–H groups in total. The van der Waals surface area contributed by atoms with E-state index in [9.17, 15) is 4.79 Å². The molecule has 0 spiro atoms. The highest BCUT2D eigenvalue weighted by atomic mass is 79.9. The number of carbonyl (C=O) groups excluding carboxylic acids is 1. The largest absolute Gasteiger partial charge is 0.479 e. The minimum absolute atomic E-state index is 0.347. The van der Waals surface area contributed by atoms with E-state index in [0.717, 1.165) is 5.56 Å². The van der Waals surface area contributed by atoms with Gasteiger partial charge in [0.2, 0.25) is 0 Å². The maximum absolute atomic E-state index is 11.4. The molecule has 1 aromatic rings. The van der Waals surface area contributed by atoms with Crippen LogP contribution in [0, 0.1) is 6.92 Å². The van der Waals surface area contributed by atoms with E-state index in [1.165, 1.54) is 7.11 Å². The summed E-state index contributed by atoms with van der Waals surface area (Å²) in [6.07, 6.45) is 0.0349. The third-order valence-electron chi connectivity index (χ3n) is 2.13. The first-order chi connectivity index (χ1) is 7.67. The van der Waals surface area contributed by atoms with E-state index in [-0.39, 0.29) is 5.97 Å². The highest BCUT2D eigenvalue weighted by molar-refractivity contribution is 9.09. The van der Waals surface area contributed by atoms with Gasteiger partial charge in [0, 0.05) is 11.8 Å². The Kier molecular flexibility index (Phi) is 5.32. The van der Waals surface area contributed by atoms with Gasteiger partial charge in [0.15, 0.2) is 6.10 Å². The SMILES string of the molecule is COC(=O)C(CCBr)Oc1ccc(C)cc1. The van der Waals surface area contributed by atoms with Gasteiger partial charge >= 0.3 is 5.97 Å². The fraction of sp³-hybridized carbons (Fsp3) is 0.417. The molecule has 1 aromatic carbocycles. The number of carbonyl (C=O) groups is 1. The lowest BCUT2D eigenvalue weighted by Gasteiger charge is -2.15. The lowest BCUT2D eigenvalue weighted by atomic mass is 10.2. The van der Waals surface area contributed by atoms with Crippen LogP contribution in [0.3, 0.4) is 0 Å². The molecule has 0 bridgehead atoms. The normalized spacial score (nSPS) is 11.9. The predicted octanol–water partition coefficient (Wildman–Crippen LogP) is 2.70. The highest BCUT2D eigenvalue weighted by Crippen LogP contribution is 2.15. The van der Waals surface area contributed by atoms with Crippen LogP contribution in [0.2, 0.25) is 0 Å². The Bertz CT molecular complexity index is 335. The fourth-order valence-electron chi connectivity index (χ4n) is 1.24. The number of benzene rings is 1. The number of alkyl halides is 1. The van der Waals surface area contributed by atoms with Crippen LogP contribution in [-0.4, -0.2) is 24.5 Å². The maximum Gasteiger partial charge on any atom is 0.347 e. The molecule has 0 aromatic heterocycles. The van der Waals surface area contributed by atoms with E-state index in [1.807, 2.05) is 31.2 Å². The zero-order valence-corrected chi connectivity index (χ0v) is 11.0. The molecule has 3 nitrogen and oxygen atoms in total. The fourth-order valence-corrected chi connectivity index (χ4v) is 1.65. The number of aryl methyl sites for hydroxylation is 1. The summed E-state index contributed by atoms with van der Waals surface area (Å²) in [5, 5.41) is 0.693. The zero-order chi connectivity index (χ0) is 12.0. The van der Waals surface area contributed by atoms with Crippen LogP contribution >= 0.6 is 15.9 Å². The number of esters is 1. The average Bonchev–Trinajstić information content (AvgIpc) is 2.30. The topological polar surface area (TPSA) is 35.5 Å². The number of ether oxygens (including phenoxy) is 2. The summed E-state index contributed by atoms with van der Waals surface area (Å²) in [4.78, 5) is 11.4. The van der Waals surface area contributed by atoms with Gasteiger partial charge in [-0.15, -0.1) is 0 Å². The average molecular weight is 287 g/mol. The standard InChI is InChI=1S/C12H15BrO3/c1-9-3-5-10(6-4-9)16-11(7-8-13)12(14)15-2/h3-6,11H,7-8H2,1-2H3. The number of hydrogen-bond acceptors (Lipinski definition) is 3. The molecule has 0 aliphatic carbocycles. The summed E-state index contributed by atoms with van der Waals surface area (Å²) in [7, 11) is 1.36. The van der Waals surface area contributed by atoms with E-state index in [4.69, 9.17) is 4.74 Å². The molecule has 16 heavy (non-hydrogen) atoms. The van der Waals surface area contributed by atoms with Crippen LogP contribution in [-0.2, 0) is 9.53 Å². The van der Waals surface area contributed by atoms with Crippen LogP contribution in [0.25, 0.3) is 0 Å². The van der Waals surface area contributed by atoms with Gasteiger partial charge < -0.3 is 9.47 Å². The molecule has 0 saturated heterocycles. The third-order valence-corrected chi connectivity index (χ3v) is 2.59. The van der Waals surface area contributed by atoms with Crippen molar-refractivity contribution < 1.29 is 14.3 Å². The third kappa shape index (κ3) is 3.85. The van der Waals surface area contributed by atoms with Crippen molar-refractivity contribution >= 4 is 21.9 Å². The summed E-state index contributed by atoms with van der Waals surface area (Å²) >= 11 is 3.28. The molecule has 88 valence electrons. The number of halogens is 1. The first kappa shape index (κ1) is 13.0. The summed E-state index contributed by atoms with van der Waals surface area (Å²) in [5.74, 6) is 0.335. The van der Waals surface area contributed by atoms with E-state index in [2.05, 4.69) is 20.7 Å². The molecule has 0 fully saturated rings. The quantitative estimate of drug-likeness (QED) is 0.617. The Labute approximate surface area is 104 Å². The Morgan fingerprint density at radius 1 is 1.38 bits per heavy atom. The first-order valence-corrected chi connectivity index (χ1v) is 6.16. The predicted molar refractivity (Wildman–Crippen MR) is 66.0 cm³/mol. The summed E-state index contributed by atoms with van der Waals surface area (Å²) in [5.41, 5.74) is 1.16. The van der Waals surface area contributed by atoms with Crippen LogP contribution in [0.4, 0.5) is 0 Å². The first-order valence-electron chi connectivity index (χ1n) is 5.04. The highest BCUT2D eigenvalue weighted by Gasteiger charge is 2.20. The second-order valence-electron chi connectivity index (χ2n) is 3.42. The number of methoxy groups -OCH3 is 1. The van der Waals surface area contributed by atoms with Crippen molar-refractivity contribution in [1.82, 2.24) is 0 Å². The van der Waals surface area contributed by atoms with Crippen LogP contribution in [0.1, 0.15) is 12.0 Å². The van der Waals surface area contributed by atoms with Crippen molar-refractivity contribution in [3.05, 3.63) is 29.8 Å². The van der Waals surface area contributed by atoms with Crippen molar-refractivity contribution in [1.29, 1.82) is 0 Å². The smallest absolute Gasteiger partial charge is 0.347 e.